The SMILES string of the molecule is C=C.CCCCCCCCC#Cc1ccc(CO)cc1. The molecule has 0 fully saturated rings. The Morgan fingerprint density at radius 1 is 0.950 bits per heavy atom. The zero-order valence-electron chi connectivity index (χ0n) is 12.8. The van der Waals surface area contributed by atoms with Gasteiger partial charge in [-0.1, -0.05) is 63.0 Å². The maximum Gasteiger partial charge on any atom is 0.0681 e. The quantitative estimate of drug-likeness (QED) is 0.417. The Balaban J connectivity index is 0.00000172. The fraction of sp³-hybridized carbons (Fsp3) is 0.474. The predicted molar refractivity (Wildman–Crippen MR) is 88.5 cm³/mol. The van der Waals surface area contributed by atoms with Crippen molar-refractivity contribution in [3.63, 3.8) is 0 Å². The van der Waals surface area contributed by atoms with Crippen LogP contribution in [0.1, 0.15) is 63.0 Å². The van der Waals surface area contributed by atoms with E-state index in [-0.39, 0.29) is 6.61 Å². The van der Waals surface area contributed by atoms with E-state index in [0.717, 1.165) is 17.5 Å². The summed E-state index contributed by atoms with van der Waals surface area (Å²) in [5.41, 5.74) is 1.98. The predicted octanol–water partition coefficient (Wildman–Crippen LogP) is 5.08. The summed E-state index contributed by atoms with van der Waals surface area (Å²) < 4.78 is 0. The molecule has 0 aliphatic rings. The Bertz CT molecular complexity index is 380. The van der Waals surface area contributed by atoms with Crippen LogP contribution in [0, 0.1) is 11.8 Å². The van der Waals surface area contributed by atoms with Crippen LogP contribution in [0.4, 0.5) is 0 Å². The van der Waals surface area contributed by atoms with Gasteiger partial charge < -0.3 is 5.11 Å². The van der Waals surface area contributed by atoms with E-state index < -0.39 is 0 Å². The summed E-state index contributed by atoms with van der Waals surface area (Å²) in [4.78, 5) is 0. The summed E-state index contributed by atoms with van der Waals surface area (Å²) in [6.45, 7) is 8.35. The minimum Gasteiger partial charge on any atom is -0.392 e. The van der Waals surface area contributed by atoms with Gasteiger partial charge in [0.05, 0.1) is 6.61 Å². The molecule has 0 bridgehead atoms. The van der Waals surface area contributed by atoms with E-state index in [0.29, 0.717) is 0 Å². The monoisotopic (exact) mass is 272 g/mol. The Morgan fingerprint density at radius 2 is 1.55 bits per heavy atom. The third-order valence-electron chi connectivity index (χ3n) is 3.02. The normalized spacial score (nSPS) is 9.10. The van der Waals surface area contributed by atoms with E-state index in [1.165, 1.54) is 38.5 Å². The molecule has 1 N–H and O–H groups in total. The van der Waals surface area contributed by atoms with E-state index >= 15 is 0 Å². The van der Waals surface area contributed by atoms with Crippen molar-refractivity contribution in [2.24, 2.45) is 0 Å². The number of benzene rings is 1. The van der Waals surface area contributed by atoms with E-state index in [2.05, 4.69) is 31.9 Å². The van der Waals surface area contributed by atoms with Gasteiger partial charge in [-0.2, -0.15) is 0 Å². The summed E-state index contributed by atoms with van der Waals surface area (Å²) in [6.07, 6.45) is 8.90. The molecule has 0 saturated carbocycles. The average Bonchev–Trinajstić information content (AvgIpc) is 2.52. The van der Waals surface area contributed by atoms with Crippen molar-refractivity contribution in [1.82, 2.24) is 0 Å². The third kappa shape index (κ3) is 9.42. The van der Waals surface area contributed by atoms with Gasteiger partial charge in [-0.05, 0) is 24.1 Å². The maximum atomic E-state index is 8.93. The lowest BCUT2D eigenvalue weighted by Gasteiger charge is -1.97. The maximum absolute atomic E-state index is 8.93. The molecule has 0 heterocycles. The molecule has 1 aromatic carbocycles. The highest BCUT2D eigenvalue weighted by Crippen LogP contribution is 2.07. The molecule has 1 aromatic rings. The smallest absolute Gasteiger partial charge is 0.0681 e. The van der Waals surface area contributed by atoms with E-state index in [4.69, 9.17) is 5.11 Å². The molecular weight excluding hydrogens is 244 g/mol. The minimum absolute atomic E-state index is 0.103. The Labute approximate surface area is 124 Å². The largest absolute Gasteiger partial charge is 0.392 e. The zero-order chi connectivity index (χ0) is 15.1. The summed E-state index contributed by atoms with van der Waals surface area (Å²) in [7, 11) is 0. The second-order valence-electron chi connectivity index (χ2n) is 4.67. The first-order valence-electron chi connectivity index (χ1n) is 7.55. The van der Waals surface area contributed by atoms with E-state index in [1.54, 1.807) is 0 Å². The first kappa shape index (κ1) is 18.5. The number of aliphatic hydroxyl groups is 1. The van der Waals surface area contributed by atoms with E-state index in [9.17, 15) is 0 Å². The van der Waals surface area contributed by atoms with Crippen LogP contribution in [0.2, 0.25) is 0 Å². The molecule has 0 radical (unpaired) electrons. The van der Waals surface area contributed by atoms with Crippen molar-refractivity contribution in [1.29, 1.82) is 0 Å². The first-order chi connectivity index (χ1) is 9.86. The van der Waals surface area contributed by atoms with Gasteiger partial charge in [0, 0.05) is 12.0 Å². The van der Waals surface area contributed by atoms with Crippen molar-refractivity contribution in [2.75, 3.05) is 0 Å². The van der Waals surface area contributed by atoms with Crippen LogP contribution in [0.15, 0.2) is 37.4 Å². The minimum atomic E-state index is 0.103. The second-order valence-corrected chi connectivity index (χ2v) is 4.67. The Morgan fingerprint density at radius 3 is 2.15 bits per heavy atom. The number of rotatable bonds is 7. The van der Waals surface area contributed by atoms with Crippen molar-refractivity contribution < 1.29 is 5.11 Å². The molecule has 1 rings (SSSR count). The average molecular weight is 272 g/mol. The molecule has 1 nitrogen and oxygen atoms in total. The fourth-order valence-electron chi connectivity index (χ4n) is 1.85. The van der Waals surface area contributed by atoms with Gasteiger partial charge in [0.15, 0.2) is 0 Å². The summed E-state index contributed by atoms with van der Waals surface area (Å²) in [5.74, 6) is 6.38. The molecule has 0 atom stereocenters. The topological polar surface area (TPSA) is 20.2 Å². The van der Waals surface area contributed by atoms with Gasteiger partial charge in [-0.15, -0.1) is 13.2 Å². The standard InChI is InChI=1S/C17H24O.C2H4/c1-2-3-4-5-6-7-8-9-10-16-11-13-17(15-18)14-12-16;1-2/h11-14,18H,2-8,15H2,1H3;1-2H2. The molecule has 0 spiro atoms. The molecule has 0 unspecified atom stereocenters. The van der Waals surface area contributed by atoms with Crippen molar-refractivity contribution in [3.05, 3.63) is 48.6 Å². The van der Waals surface area contributed by atoms with Crippen molar-refractivity contribution in [2.45, 2.75) is 58.5 Å². The van der Waals surface area contributed by atoms with Gasteiger partial charge in [-0.3, -0.25) is 0 Å². The van der Waals surface area contributed by atoms with Crippen molar-refractivity contribution in [3.8, 4) is 11.8 Å². The van der Waals surface area contributed by atoms with Crippen LogP contribution < -0.4 is 0 Å². The van der Waals surface area contributed by atoms with Gasteiger partial charge >= 0.3 is 0 Å². The lowest BCUT2D eigenvalue weighted by atomic mass is 10.1. The van der Waals surface area contributed by atoms with Crippen LogP contribution in [0.3, 0.4) is 0 Å². The summed E-state index contributed by atoms with van der Waals surface area (Å²) in [5, 5.41) is 8.93. The van der Waals surface area contributed by atoms with Crippen LogP contribution in [0.25, 0.3) is 0 Å². The van der Waals surface area contributed by atoms with Crippen LogP contribution in [-0.4, -0.2) is 5.11 Å². The van der Waals surface area contributed by atoms with Crippen LogP contribution in [-0.2, 0) is 6.61 Å². The lowest BCUT2D eigenvalue weighted by molar-refractivity contribution is 0.282. The highest BCUT2D eigenvalue weighted by Gasteiger charge is 1.90. The highest BCUT2D eigenvalue weighted by molar-refractivity contribution is 5.35. The Kier molecular flexibility index (Phi) is 12.8. The molecule has 0 amide bonds. The number of hydrogen-bond donors (Lipinski definition) is 1. The molecule has 0 saturated heterocycles. The number of unbranched alkanes of at least 4 members (excludes halogenated alkanes) is 6. The highest BCUT2D eigenvalue weighted by atomic mass is 16.3. The fourth-order valence-corrected chi connectivity index (χ4v) is 1.85. The van der Waals surface area contributed by atoms with Gasteiger partial charge in [0.25, 0.3) is 0 Å². The van der Waals surface area contributed by atoms with Gasteiger partial charge in [0.1, 0.15) is 0 Å². The Hall–Kier alpha value is -1.52. The van der Waals surface area contributed by atoms with Gasteiger partial charge in [-0.25, -0.2) is 0 Å². The molecule has 0 aliphatic heterocycles. The van der Waals surface area contributed by atoms with Crippen molar-refractivity contribution >= 4 is 0 Å². The van der Waals surface area contributed by atoms with Crippen LogP contribution >= 0.6 is 0 Å². The molecular formula is C19H28O. The van der Waals surface area contributed by atoms with Crippen LogP contribution in [0.5, 0.6) is 0 Å². The molecule has 1 heteroatoms. The lowest BCUT2D eigenvalue weighted by Crippen LogP contribution is -1.82. The molecule has 0 aromatic heterocycles. The first-order valence-corrected chi connectivity index (χ1v) is 7.55. The van der Waals surface area contributed by atoms with Gasteiger partial charge in [0.2, 0.25) is 0 Å². The summed E-state index contributed by atoms with van der Waals surface area (Å²) >= 11 is 0. The van der Waals surface area contributed by atoms with E-state index in [1.807, 2.05) is 24.3 Å². The zero-order valence-corrected chi connectivity index (χ0v) is 12.8. The molecule has 0 aliphatic carbocycles. The molecule has 20 heavy (non-hydrogen) atoms. The summed E-state index contributed by atoms with van der Waals surface area (Å²) in [6, 6.07) is 7.79. The number of hydrogen-bond acceptors (Lipinski definition) is 1. The third-order valence-corrected chi connectivity index (χ3v) is 3.02. The second kappa shape index (κ2) is 13.9. The molecule has 110 valence electrons. The number of aliphatic hydroxyl groups excluding tert-OH is 1.